The molecule has 0 aliphatic heterocycles. The van der Waals surface area contributed by atoms with Crippen molar-refractivity contribution in [3.63, 3.8) is 0 Å². The van der Waals surface area contributed by atoms with Gasteiger partial charge in [-0.15, -0.1) is 0 Å². The summed E-state index contributed by atoms with van der Waals surface area (Å²) in [6.45, 7) is 2.54. The fourth-order valence-corrected chi connectivity index (χ4v) is 5.25. The van der Waals surface area contributed by atoms with Gasteiger partial charge in [0.1, 0.15) is 0 Å². The summed E-state index contributed by atoms with van der Waals surface area (Å²) < 4.78 is 0. The molecule has 1 aromatic heterocycles. The molecule has 4 saturated carbocycles. The van der Waals surface area contributed by atoms with E-state index in [1.54, 1.807) is 0 Å². The lowest BCUT2D eigenvalue weighted by molar-refractivity contribution is 0.0103. The molecule has 5 rings (SSSR count). The van der Waals surface area contributed by atoms with Crippen LogP contribution in [0.4, 0.5) is 5.95 Å². The zero-order valence-corrected chi connectivity index (χ0v) is 12.2. The molecule has 20 heavy (non-hydrogen) atoms. The van der Waals surface area contributed by atoms with E-state index in [1.807, 2.05) is 13.1 Å². The van der Waals surface area contributed by atoms with Crippen molar-refractivity contribution in [3.05, 3.63) is 17.5 Å². The summed E-state index contributed by atoms with van der Waals surface area (Å²) in [4.78, 5) is 9.10. The van der Waals surface area contributed by atoms with Crippen LogP contribution in [0.25, 0.3) is 0 Å². The maximum Gasteiger partial charge on any atom is 0.223 e. The van der Waals surface area contributed by atoms with E-state index in [-0.39, 0.29) is 5.54 Å². The minimum atomic E-state index is 0.283. The first-order chi connectivity index (χ1) is 9.66. The SMILES string of the molecule is Cc1nc(NC23CC4CC(CC(C4)C2)C3)ncc1CN. The molecule has 108 valence electrons. The average Bonchev–Trinajstić information content (AvgIpc) is 2.36. The van der Waals surface area contributed by atoms with Crippen LogP contribution in [0.15, 0.2) is 6.20 Å². The van der Waals surface area contributed by atoms with E-state index in [0.29, 0.717) is 6.54 Å². The van der Waals surface area contributed by atoms with Gasteiger partial charge < -0.3 is 11.1 Å². The molecule has 0 amide bonds. The topological polar surface area (TPSA) is 63.8 Å². The zero-order chi connectivity index (χ0) is 13.7. The van der Waals surface area contributed by atoms with Crippen LogP contribution in [0.1, 0.15) is 49.8 Å². The molecule has 4 aliphatic rings. The third-order valence-electron chi connectivity index (χ3n) is 5.72. The lowest BCUT2D eigenvalue weighted by Gasteiger charge is -2.56. The summed E-state index contributed by atoms with van der Waals surface area (Å²) in [6, 6.07) is 0. The Morgan fingerprint density at radius 2 is 1.80 bits per heavy atom. The number of hydrogen-bond donors (Lipinski definition) is 2. The molecule has 4 aliphatic carbocycles. The van der Waals surface area contributed by atoms with Gasteiger partial charge in [0, 0.05) is 29.5 Å². The highest BCUT2D eigenvalue weighted by molar-refractivity contribution is 5.34. The van der Waals surface area contributed by atoms with Crippen molar-refractivity contribution in [2.75, 3.05) is 5.32 Å². The molecule has 1 aromatic rings. The van der Waals surface area contributed by atoms with Crippen molar-refractivity contribution in [3.8, 4) is 0 Å². The van der Waals surface area contributed by atoms with E-state index in [1.165, 1.54) is 38.5 Å². The van der Waals surface area contributed by atoms with Crippen molar-refractivity contribution in [1.29, 1.82) is 0 Å². The van der Waals surface area contributed by atoms with Gasteiger partial charge in [0.2, 0.25) is 5.95 Å². The predicted octanol–water partition coefficient (Wildman–Crippen LogP) is 2.62. The average molecular weight is 272 g/mol. The van der Waals surface area contributed by atoms with Crippen molar-refractivity contribution in [2.24, 2.45) is 23.5 Å². The van der Waals surface area contributed by atoms with Crippen molar-refractivity contribution in [2.45, 2.75) is 57.5 Å². The normalized spacial score (nSPS) is 38.2. The van der Waals surface area contributed by atoms with Crippen LogP contribution >= 0.6 is 0 Å². The van der Waals surface area contributed by atoms with Gasteiger partial charge in [0.25, 0.3) is 0 Å². The van der Waals surface area contributed by atoms with E-state index in [2.05, 4.69) is 15.3 Å². The first-order valence-electron chi connectivity index (χ1n) is 7.96. The Balaban J connectivity index is 1.58. The third-order valence-corrected chi connectivity index (χ3v) is 5.72. The van der Waals surface area contributed by atoms with Gasteiger partial charge in [-0.3, -0.25) is 0 Å². The van der Waals surface area contributed by atoms with E-state index in [4.69, 9.17) is 5.73 Å². The van der Waals surface area contributed by atoms with E-state index in [9.17, 15) is 0 Å². The van der Waals surface area contributed by atoms with Gasteiger partial charge in [0.05, 0.1) is 0 Å². The van der Waals surface area contributed by atoms with Gasteiger partial charge in [-0.1, -0.05) is 0 Å². The number of nitrogens with zero attached hydrogens (tertiary/aromatic N) is 2. The number of aryl methyl sites for hydroxylation is 1. The molecule has 1 heterocycles. The number of hydrogen-bond acceptors (Lipinski definition) is 4. The molecular formula is C16H24N4. The summed E-state index contributed by atoms with van der Waals surface area (Å²) in [5.41, 5.74) is 8.02. The van der Waals surface area contributed by atoms with Gasteiger partial charge in [-0.25, -0.2) is 9.97 Å². The Labute approximate surface area is 120 Å². The minimum Gasteiger partial charge on any atom is -0.349 e. The number of aromatic nitrogens is 2. The van der Waals surface area contributed by atoms with Crippen LogP contribution in [0.2, 0.25) is 0 Å². The van der Waals surface area contributed by atoms with Crippen LogP contribution in [0.5, 0.6) is 0 Å². The number of rotatable bonds is 3. The highest BCUT2D eigenvalue weighted by atomic mass is 15.1. The first kappa shape index (κ1) is 12.6. The fraction of sp³-hybridized carbons (Fsp3) is 0.750. The fourth-order valence-electron chi connectivity index (χ4n) is 5.25. The number of nitrogens with one attached hydrogen (secondary N) is 1. The van der Waals surface area contributed by atoms with Crippen LogP contribution in [0.3, 0.4) is 0 Å². The third kappa shape index (κ3) is 2.01. The smallest absolute Gasteiger partial charge is 0.223 e. The van der Waals surface area contributed by atoms with Crippen LogP contribution in [-0.4, -0.2) is 15.5 Å². The summed E-state index contributed by atoms with van der Waals surface area (Å²) >= 11 is 0. The molecule has 0 aromatic carbocycles. The predicted molar refractivity (Wildman–Crippen MR) is 79.2 cm³/mol. The molecule has 4 nitrogen and oxygen atoms in total. The molecule has 0 atom stereocenters. The lowest BCUT2D eigenvalue weighted by atomic mass is 9.53. The Hall–Kier alpha value is -1.16. The second-order valence-corrected chi connectivity index (χ2v) is 7.33. The Bertz CT molecular complexity index is 490. The monoisotopic (exact) mass is 272 g/mol. The molecule has 4 heteroatoms. The molecule has 4 bridgehead atoms. The lowest BCUT2D eigenvalue weighted by Crippen LogP contribution is -2.55. The molecule has 4 fully saturated rings. The summed E-state index contributed by atoms with van der Waals surface area (Å²) in [6.07, 6.45) is 10.2. The van der Waals surface area contributed by atoms with Gasteiger partial charge in [0.15, 0.2) is 0 Å². The number of nitrogens with two attached hydrogens (primary N) is 1. The quantitative estimate of drug-likeness (QED) is 0.888. The second kappa shape index (κ2) is 4.42. The molecule has 0 spiro atoms. The Kier molecular flexibility index (Phi) is 2.78. The highest BCUT2D eigenvalue weighted by Gasteiger charge is 2.51. The molecule has 0 radical (unpaired) electrons. The van der Waals surface area contributed by atoms with Crippen molar-refractivity contribution < 1.29 is 0 Å². The van der Waals surface area contributed by atoms with E-state index < -0.39 is 0 Å². The molecule has 0 saturated heterocycles. The summed E-state index contributed by atoms with van der Waals surface area (Å²) in [7, 11) is 0. The first-order valence-corrected chi connectivity index (χ1v) is 7.96. The summed E-state index contributed by atoms with van der Waals surface area (Å²) in [5, 5.41) is 3.72. The Morgan fingerprint density at radius 3 is 2.30 bits per heavy atom. The molecule has 0 unspecified atom stereocenters. The van der Waals surface area contributed by atoms with E-state index >= 15 is 0 Å². The van der Waals surface area contributed by atoms with Crippen LogP contribution in [0, 0.1) is 24.7 Å². The molecular weight excluding hydrogens is 248 g/mol. The van der Waals surface area contributed by atoms with Gasteiger partial charge >= 0.3 is 0 Å². The maximum atomic E-state index is 5.69. The van der Waals surface area contributed by atoms with Crippen LogP contribution in [-0.2, 0) is 6.54 Å². The molecule has 3 N–H and O–H groups in total. The van der Waals surface area contributed by atoms with Gasteiger partial charge in [-0.05, 0) is 63.2 Å². The minimum absolute atomic E-state index is 0.283. The zero-order valence-electron chi connectivity index (χ0n) is 12.2. The largest absolute Gasteiger partial charge is 0.349 e. The summed E-state index contributed by atoms with van der Waals surface area (Å²) in [5.74, 6) is 3.64. The van der Waals surface area contributed by atoms with Gasteiger partial charge in [-0.2, -0.15) is 0 Å². The number of anilines is 1. The second-order valence-electron chi connectivity index (χ2n) is 7.33. The Morgan fingerprint density at radius 1 is 1.20 bits per heavy atom. The van der Waals surface area contributed by atoms with Crippen LogP contribution < -0.4 is 11.1 Å². The maximum absolute atomic E-state index is 5.69. The van der Waals surface area contributed by atoms with Crippen molar-refractivity contribution in [1.82, 2.24) is 9.97 Å². The standard InChI is InChI=1S/C16H24N4/c1-10-14(8-17)9-18-15(19-10)20-16-5-11-2-12(6-16)4-13(3-11)7-16/h9,11-13H,2-8,17H2,1H3,(H,18,19,20). The van der Waals surface area contributed by atoms with E-state index in [0.717, 1.165) is 35.0 Å². The highest BCUT2D eigenvalue weighted by Crippen LogP contribution is 2.56. The van der Waals surface area contributed by atoms with Crippen molar-refractivity contribution >= 4 is 5.95 Å².